The lowest BCUT2D eigenvalue weighted by molar-refractivity contribution is -0.384. The summed E-state index contributed by atoms with van der Waals surface area (Å²) < 4.78 is 16.3. The molecule has 140 valence electrons. The van der Waals surface area contributed by atoms with Gasteiger partial charge in [-0.3, -0.25) is 10.1 Å². The Balaban J connectivity index is 1.47. The first-order valence-electron chi connectivity index (χ1n) is 8.56. The molecule has 3 aromatic rings. The summed E-state index contributed by atoms with van der Waals surface area (Å²) in [4.78, 5) is 22.2. The number of nitrogens with zero attached hydrogens (tertiary/aromatic N) is 1. The van der Waals surface area contributed by atoms with Crippen molar-refractivity contribution in [3.63, 3.8) is 0 Å². The first kappa shape index (κ1) is 17.5. The van der Waals surface area contributed by atoms with E-state index in [1.807, 2.05) is 48.5 Å². The van der Waals surface area contributed by atoms with Crippen LogP contribution in [0, 0.1) is 10.1 Å². The van der Waals surface area contributed by atoms with Gasteiger partial charge in [0.15, 0.2) is 0 Å². The molecule has 28 heavy (non-hydrogen) atoms. The van der Waals surface area contributed by atoms with Gasteiger partial charge in [0.25, 0.3) is 5.69 Å². The lowest BCUT2D eigenvalue weighted by Gasteiger charge is -2.27. The minimum Gasteiger partial charge on any atom is -0.457 e. The van der Waals surface area contributed by atoms with Crippen molar-refractivity contribution in [2.24, 2.45) is 0 Å². The third-order valence-corrected chi connectivity index (χ3v) is 4.43. The summed E-state index contributed by atoms with van der Waals surface area (Å²) in [5.74, 6) is 1.42. The van der Waals surface area contributed by atoms with Crippen molar-refractivity contribution in [2.45, 2.75) is 5.92 Å². The van der Waals surface area contributed by atoms with Crippen LogP contribution in [0.5, 0.6) is 17.2 Å². The van der Waals surface area contributed by atoms with E-state index in [9.17, 15) is 14.9 Å². The van der Waals surface area contributed by atoms with Gasteiger partial charge in [-0.05, 0) is 24.3 Å². The number of rotatable bonds is 4. The van der Waals surface area contributed by atoms with E-state index in [1.165, 1.54) is 24.3 Å². The van der Waals surface area contributed by atoms with Crippen LogP contribution in [-0.4, -0.2) is 17.7 Å². The van der Waals surface area contributed by atoms with Crippen LogP contribution in [0.4, 0.5) is 10.5 Å². The Morgan fingerprint density at radius 2 is 1.50 bits per heavy atom. The molecule has 3 aromatic carbocycles. The second kappa shape index (κ2) is 7.40. The van der Waals surface area contributed by atoms with Gasteiger partial charge >= 0.3 is 6.16 Å². The van der Waals surface area contributed by atoms with Crippen LogP contribution in [0.3, 0.4) is 0 Å². The number of nitro benzene ring substituents is 1. The van der Waals surface area contributed by atoms with Crippen LogP contribution in [0.1, 0.15) is 17.0 Å². The average molecular weight is 377 g/mol. The first-order valence-corrected chi connectivity index (χ1v) is 8.56. The summed E-state index contributed by atoms with van der Waals surface area (Å²) in [6.45, 7) is 0.0726. The highest BCUT2D eigenvalue weighted by Gasteiger charge is 2.28. The maximum Gasteiger partial charge on any atom is 0.513 e. The van der Waals surface area contributed by atoms with Crippen molar-refractivity contribution >= 4 is 11.8 Å². The number of benzene rings is 3. The van der Waals surface area contributed by atoms with Gasteiger partial charge in [0.2, 0.25) is 0 Å². The molecule has 4 rings (SSSR count). The number of carbonyl (C=O) groups excluding carboxylic acids is 1. The summed E-state index contributed by atoms with van der Waals surface area (Å²) >= 11 is 0. The molecule has 0 saturated heterocycles. The van der Waals surface area contributed by atoms with E-state index >= 15 is 0 Å². The van der Waals surface area contributed by atoms with Gasteiger partial charge in [-0.25, -0.2) is 4.79 Å². The smallest absolute Gasteiger partial charge is 0.457 e. The molecule has 0 spiro atoms. The summed E-state index contributed by atoms with van der Waals surface area (Å²) in [5, 5.41) is 10.7. The van der Waals surface area contributed by atoms with E-state index in [0.29, 0.717) is 0 Å². The summed E-state index contributed by atoms with van der Waals surface area (Å²) in [6, 6.07) is 20.4. The van der Waals surface area contributed by atoms with Crippen molar-refractivity contribution in [3.05, 3.63) is 94.0 Å². The molecule has 1 heterocycles. The number of non-ortho nitro benzene ring substituents is 1. The highest BCUT2D eigenvalue weighted by Crippen LogP contribution is 2.43. The van der Waals surface area contributed by atoms with Crippen molar-refractivity contribution in [2.75, 3.05) is 6.61 Å². The summed E-state index contributed by atoms with van der Waals surface area (Å²) in [7, 11) is 0. The van der Waals surface area contributed by atoms with Crippen LogP contribution < -0.4 is 9.47 Å². The van der Waals surface area contributed by atoms with Crippen LogP contribution in [0.15, 0.2) is 72.8 Å². The zero-order valence-corrected chi connectivity index (χ0v) is 14.6. The van der Waals surface area contributed by atoms with Crippen LogP contribution >= 0.6 is 0 Å². The molecular formula is C21H15NO6. The van der Waals surface area contributed by atoms with E-state index in [0.717, 1.165) is 22.6 Å². The van der Waals surface area contributed by atoms with Crippen LogP contribution in [0.2, 0.25) is 0 Å². The third kappa shape index (κ3) is 3.50. The van der Waals surface area contributed by atoms with Crippen LogP contribution in [0.25, 0.3) is 0 Å². The molecule has 0 aliphatic carbocycles. The predicted molar refractivity (Wildman–Crippen MR) is 99.9 cm³/mol. The second-order valence-electron chi connectivity index (χ2n) is 6.14. The molecule has 0 radical (unpaired) electrons. The molecule has 1 aliphatic rings. The van der Waals surface area contributed by atoms with Gasteiger partial charge in [0.1, 0.15) is 23.9 Å². The Morgan fingerprint density at radius 3 is 2.07 bits per heavy atom. The fourth-order valence-corrected chi connectivity index (χ4v) is 3.10. The molecule has 0 fully saturated rings. The normalized spacial score (nSPS) is 12.3. The highest BCUT2D eigenvalue weighted by atomic mass is 16.7. The van der Waals surface area contributed by atoms with E-state index in [2.05, 4.69) is 0 Å². The predicted octanol–water partition coefficient (Wildman–Crippen LogP) is 5.05. The Kier molecular flexibility index (Phi) is 4.63. The molecule has 7 heteroatoms. The number of fused-ring (bicyclic) bond motifs is 2. The highest BCUT2D eigenvalue weighted by molar-refractivity contribution is 5.64. The molecule has 7 nitrogen and oxygen atoms in total. The minimum absolute atomic E-state index is 0.0726. The molecule has 0 amide bonds. The van der Waals surface area contributed by atoms with E-state index in [1.54, 1.807) is 0 Å². The summed E-state index contributed by atoms with van der Waals surface area (Å²) in [5.41, 5.74) is 1.75. The third-order valence-electron chi connectivity index (χ3n) is 4.43. The van der Waals surface area contributed by atoms with Gasteiger partial charge < -0.3 is 14.2 Å². The zero-order chi connectivity index (χ0) is 19.5. The second-order valence-corrected chi connectivity index (χ2v) is 6.14. The van der Waals surface area contributed by atoms with Gasteiger partial charge in [-0.1, -0.05) is 36.4 Å². The molecule has 0 N–H and O–H groups in total. The fraction of sp³-hybridized carbons (Fsp3) is 0.0952. The van der Waals surface area contributed by atoms with E-state index in [4.69, 9.17) is 14.2 Å². The van der Waals surface area contributed by atoms with Crippen LogP contribution in [-0.2, 0) is 4.74 Å². The van der Waals surface area contributed by atoms with E-state index in [-0.39, 0.29) is 24.0 Å². The number of para-hydroxylation sites is 2. The number of hydrogen-bond acceptors (Lipinski definition) is 6. The Hall–Kier alpha value is -3.87. The van der Waals surface area contributed by atoms with Crippen molar-refractivity contribution in [1.82, 2.24) is 0 Å². The van der Waals surface area contributed by atoms with Gasteiger partial charge in [0, 0.05) is 23.3 Å². The van der Waals surface area contributed by atoms with Gasteiger partial charge in [-0.2, -0.15) is 0 Å². The lowest BCUT2D eigenvalue weighted by atomic mass is 9.89. The molecule has 0 saturated carbocycles. The monoisotopic (exact) mass is 377 g/mol. The van der Waals surface area contributed by atoms with E-state index < -0.39 is 11.1 Å². The van der Waals surface area contributed by atoms with Crippen molar-refractivity contribution < 1.29 is 23.9 Å². The average Bonchev–Trinajstić information content (AvgIpc) is 2.71. The molecule has 0 aromatic heterocycles. The number of hydrogen-bond donors (Lipinski definition) is 0. The molecule has 0 unspecified atom stereocenters. The lowest BCUT2D eigenvalue weighted by Crippen LogP contribution is -2.19. The molecule has 0 bridgehead atoms. The number of ether oxygens (including phenoxy) is 3. The molecule has 0 atom stereocenters. The zero-order valence-electron chi connectivity index (χ0n) is 14.6. The largest absolute Gasteiger partial charge is 0.513 e. The van der Waals surface area contributed by atoms with Gasteiger partial charge in [0.05, 0.1) is 10.8 Å². The quantitative estimate of drug-likeness (QED) is 0.274. The Labute approximate surface area is 160 Å². The standard InChI is InChI=1S/C21H15NO6/c23-21(27-15-11-9-14(10-12-15)22(24)25)26-13-18-16-5-1-3-7-19(16)28-20-8-4-2-6-17(18)20/h1-12,18H,13H2. The Bertz CT molecular complexity index is 986. The topological polar surface area (TPSA) is 87.9 Å². The Morgan fingerprint density at radius 1 is 0.929 bits per heavy atom. The van der Waals surface area contributed by atoms with Gasteiger partial charge in [-0.15, -0.1) is 0 Å². The first-order chi connectivity index (χ1) is 13.6. The van der Waals surface area contributed by atoms with Crippen molar-refractivity contribution in [3.8, 4) is 17.2 Å². The summed E-state index contributed by atoms with van der Waals surface area (Å²) in [6.07, 6.45) is -0.879. The van der Waals surface area contributed by atoms with Crippen molar-refractivity contribution in [1.29, 1.82) is 0 Å². The number of nitro groups is 1. The number of carbonyl (C=O) groups is 1. The molecule has 1 aliphatic heterocycles. The molecular weight excluding hydrogens is 362 g/mol. The fourth-order valence-electron chi connectivity index (χ4n) is 3.10. The maximum absolute atomic E-state index is 12.1. The SMILES string of the molecule is O=C(OCC1c2ccccc2Oc2ccccc21)Oc1ccc([N+](=O)[O-])cc1. The maximum atomic E-state index is 12.1. The minimum atomic E-state index is -0.879.